The summed E-state index contributed by atoms with van der Waals surface area (Å²) in [4.78, 5) is 46.9. The predicted octanol–water partition coefficient (Wildman–Crippen LogP) is 8.53. The van der Waals surface area contributed by atoms with Crippen LogP contribution in [0.3, 0.4) is 0 Å². The van der Waals surface area contributed by atoms with Crippen molar-refractivity contribution in [2.24, 2.45) is 10.9 Å². The number of aromatic nitrogens is 1. The van der Waals surface area contributed by atoms with E-state index in [2.05, 4.69) is 56.7 Å². The van der Waals surface area contributed by atoms with Crippen LogP contribution >= 0.6 is 0 Å². The third-order valence-electron chi connectivity index (χ3n) is 10.3. The Morgan fingerprint density at radius 2 is 1.80 bits per heavy atom. The van der Waals surface area contributed by atoms with Crippen LogP contribution in [0.4, 0.5) is 0 Å². The molecule has 59 heavy (non-hydrogen) atoms. The molecule has 2 atom stereocenters. The molecule has 322 valence electrons. The van der Waals surface area contributed by atoms with Gasteiger partial charge >= 0.3 is 0 Å². The lowest BCUT2D eigenvalue weighted by Crippen LogP contribution is -2.43. The van der Waals surface area contributed by atoms with Gasteiger partial charge in [0.25, 0.3) is 6.47 Å². The van der Waals surface area contributed by atoms with Gasteiger partial charge in [-0.25, -0.2) is 4.98 Å². The number of hydrogen-bond acceptors (Lipinski definition) is 9. The van der Waals surface area contributed by atoms with Gasteiger partial charge in [-0.3, -0.25) is 19.4 Å². The summed E-state index contributed by atoms with van der Waals surface area (Å²) in [5.74, 6) is 2.53. The van der Waals surface area contributed by atoms with Gasteiger partial charge in [0.15, 0.2) is 0 Å². The minimum Gasteiger partial charge on any atom is -0.497 e. The number of unbranched alkanes of at least 4 members (excludes halogenated alkanes) is 3. The fraction of sp³-hybridized carbons (Fsp3) is 0.511. The maximum absolute atomic E-state index is 12.8. The summed E-state index contributed by atoms with van der Waals surface area (Å²) in [6, 6.07) is 13.9. The Kier molecular flexibility index (Phi) is 20.6. The Morgan fingerprint density at radius 3 is 2.37 bits per heavy atom. The van der Waals surface area contributed by atoms with Crippen molar-refractivity contribution in [1.82, 2.24) is 20.1 Å². The fourth-order valence-electron chi connectivity index (χ4n) is 6.96. The number of methoxy groups -OCH3 is 2. The quantitative estimate of drug-likeness (QED) is 0.0497. The number of hydrogen-bond donors (Lipinski definition) is 2. The third-order valence-corrected chi connectivity index (χ3v) is 10.3. The number of nitrogens with zero attached hydrogens (tertiary/aromatic N) is 4. The van der Waals surface area contributed by atoms with E-state index in [4.69, 9.17) is 34.1 Å². The average Bonchev–Trinajstić information content (AvgIpc) is 3.95. The molecule has 1 aliphatic heterocycles. The SMILES string of the molecule is C/C=C(\N=C(CCC)c1cc(O[C@@H]2C[C@@H](C(=O)NC3CC3)N(C=O)C2)c2ccc(OC)c(C)c2n1)C(C)C.C=CCCCCCN(C)Cc1ccc(OC)cc1.O=CO. The first kappa shape index (κ1) is 48.1. The van der Waals surface area contributed by atoms with E-state index in [-0.39, 0.29) is 30.4 Å². The van der Waals surface area contributed by atoms with Crippen LogP contribution in [-0.2, 0) is 20.9 Å². The maximum Gasteiger partial charge on any atom is 0.290 e. The van der Waals surface area contributed by atoms with Crippen LogP contribution in [0.1, 0.15) is 102 Å². The number of aryl methyl sites for hydroxylation is 1. The molecule has 2 aliphatic rings. The van der Waals surface area contributed by atoms with E-state index in [9.17, 15) is 9.59 Å². The number of carboxylic acid groups (broad SMARTS) is 1. The highest BCUT2D eigenvalue weighted by molar-refractivity contribution is 6.03. The maximum atomic E-state index is 12.8. The van der Waals surface area contributed by atoms with Crippen molar-refractivity contribution >= 4 is 35.4 Å². The van der Waals surface area contributed by atoms with Gasteiger partial charge in [0.2, 0.25) is 12.3 Å². The van der Waals surface area contributed by atoms with Gasteiger partial charge < -0.3 is 34.4 Å². The van der Waals surface area contributed by atoms with Crippen LogP contribution in [0, 0.1) is 12.8 Å². The summed E-state index contributed by atoms with van der Waals surface area (Å²) >= 11 is 0. The zero-order valence-electron chi connectivity index (χ0n) is 36.5. The lowest BCUT2D eigenvalue weighted by atomic mass is 10.0. The van der Waals surface area contributed by atoms with Crippen molar-refractivity contribution in [3.05, 3.63) is 83.7 Å². The van der Waals surface area contributed by atoms with Gasteiger partial charge in [0.1, 0.15) is 29.4 Å². The second kappa shape index (κ2) is 25.3. The molecule has 2 heterocycles. The first-order valence-electron chi connectivity index (χ1n) is 20.9. The number of nitrogens with one attached hydrogen (secondary N) is 1. The van der Waals surface area contributed by atoms with E-state index < -0.39 is 6.04 Å². The Hall–Kier alpha value is -5.23. The molecule has 1 saturated carbocycles. The van der Waals surface area contributed by atoms with E-state index >= 15 is 0 Å². The zero-order chi connectivity index (χ0) is 43.3. The number of carbonyl (C=O) groups excluding carboxylic acids is 2. The Labute approximate surface area is 351 Å². The van der Waals surface area contributed by atoms with Crippen LogP contribution in [0.25, 0.3) is 10.9 Å². The number of pyridine rings is 1. The van der Waals surface area contributed by atoms with Gasteiger partial charge in [-0.2, -0.15) is 0 Å². The molecule has 1 aromatic heterocycles. The molecule has 12 heteroatoms. The summed E-state index contributed by atoms with van der Waals surface area (Å²) in [5, 5.41) is 10.8. The smallest absolute Gasteiger partial charge is 0.290 e. The third kappa shape index (κ3) is 15.1. The van der Waals surface area contributed by atoms with Crippen LogP contribution in [0.5, 0.6) is 17.2 Å². The summed E-state index contributed by atoms with van der Waals surface area (Å²) in [6.45, 7) is 16.4. The van der Waals surface area contributed by atoms with E-state index in [0.717, 1.165) is 96.7 Å². The van der Waals surface area contributed by atoms with Gasteiger partial charge in [0, 0.05) is 41.7 Å². The van der Waals surface area contributed by atoms with Crippen molar-refractivity contribution in [2.75, 3.05) is 34.4 Å². The molecule has 2 amide bonds. The molecule has 0 unspecified atom stereocenters. The molecule has 3 aromatic rings. The molecular formula is C47H67N5O7. The predicted molar refractivity (Wildman–Crippen MR) is 237 cm³/mol. The monoisotopic (exact) mass is 814 g/mol. The minimum absolute atomic E-state index is 0.100. The van der Waals surface area contributed by atoms with E-state index in [0.29, 0.717) is 18.7 Å². The highest BCUT2D eigenvalue weighted by Gasteiger charge is 2.39. The normalized spacial score (nSPS) is 16.5. The molecule has 12 nitrogen and oxygen atoms in total. The summed E-state index contributed by atoms with van der Waals surface area (Å²) in [5.41, 5.74) is 5.74. The standard InChI is InChI=1S/C30H40N4O4.C16H25NO.CH2O2/c1-7-9-24(32-23(8-2)18(3)4)25-15-28(22-12-13-27(37-6)19(5)29(22)33-25)38-21-14-26(34(16-21)17-35)30(36)31-20-10-11-20;1-4-5-6-7-8-13-17(2)14-15-9-11-16(18-3)12-10-15;2-1-3/h8,12-13,15,17-18,20-21,26H,7,9-11,14,16H2,1-6H3,(H,31,36);4,9-12H,1,5-8,13-14H2,2-3H3;1H,(H,2,3)/b23-8-,32-24?;;/t21-,26+;;/m1../s1. The Bertz CT molecular complexity index is 1860. The van der Waals surface area contributed by atoms with Crippen molar-refractivity contribution in [2.45, 2.75) is 117 Å². The number of amides is 2. The number of aliphatic imine (C=N–C) groups is 1. The number of allylic oxidation sites excluding steroid dienone is 3. The van der Waals surface area contributed by atoms with Crippen LogP contribution < -0.4 is 19.5 Å². The summed E-state index contributed by atoms with van der Waals surface area (Å²) in [6.07, 6.45) is 13.6. The van der Waals surface area contributed by atoms with Crippen molar-refractivity contribution in [3.63, 3.8) is 0 Å². The number of ether oxygens (including phenoxy) is 3. The van der Waals surface area contributed by atoms with Gasteiger partial charge in [-0.15, -0.1) is 6.58 Å². The molecule has 2 fully saturated rings. The van der Waals surface area contributed by atoms with Crippen LogP contribution in [0.2, 0.25) is 0 Å². The molecular weight excluding hydrogens is 747 g/mol. The highest BCUT2D eigenvalue weighted by Crippen LogP contribution is 2.35. The molecule has 2 N–H and O–H groups in total. The topological polar surface area (TPSA) is 143 Å². The van der Waals surface area contributed by atoms with E-state index in [1.54, 1.807) is 19.1 Å². The lowest BCUT2D eigenvalue weighted by Gasteiger charge is -2.19. The first-order chi connectivity index (χ1) is 28.5. The van der Waals surface area contributed by atoms with Crippen molar-refractivity contribution in [1.29, 1.82) is 0 Å². The molecule has 1 aliphatic carbocycles. The molecule has 5 rings (SSSR count). The minimum atomic E-state index is -0.520. The van der Waals surface area contributed by atoms with Gasteiger partial charge in [-0.05, 0) is 102 Å². The highest BCUT2D eigenvalue weighted by atomic mass is 16.5. The number of fused-ring (bicyclic) bond motifs is 1. The zero-order valence-corrected chi connectivity index (χ0v) is 36.5. The van der Waals surface area contributed by atoms with E-state index in [1.165, 1.54) is 24.8 Å². The average molecular weight is 814 g/mol. The van der Waals surface area contributed by atoms with Crippen LogP contribution in [0.15, 0.2) is 71.9 Å². The molecule has 2 aromatic carbocycles. The van der Waals surface area contributed by atoms with Gasteiger partial charge in [-0.1, -0.05) is 57.9 Å². The molecule has 0 radical (unpaired) electrons. The Balaban J connectivity index is 0.000000370. The van der Waals surface area contributed by atoms with Crippen molar-refractivity contribution in [3.8, 4) is 17.2 Å². The molecule has 1 saturated heterocycles. The second-order valence-electron chi connectivity index (χ2n) is 15.4. The largest absolute Gasteiger partial charge is 0.497 e. The Morgan fingerprint density at radius 1 is 1.08 bits per heavy atom. The number of benzene rings is 2. The second-order valence-corrected chi connectivity index (χ2v) is 15.4. The number of carbonyl (C=O) groups is 3. The molecule has 0 bridgehead atoms. The van der Waals surface area contributed by atoms with E-state index in [1.807, 2.05) is 56.3 Å². The van der Waals surface area contributed by atoms with Crippen LogP contribution in [-0.4, -0.2) is 96.9 Å². The lowest BCUT2D eigenvalue weighted by molar-refractivity contribution is -0.131. The summed E-state index contributed by atoms with van der Waals surface area (Å²) < 4.78 is 17.3. The fourth-order valence-corrected chi connectivity index (χ4v) is 6.96. The van der Waals surface area contributed by atoms with Crippen molar-refractivity contribution < 1.29 is 33.7 Å². The number of rotatable bonds is 20. The molecule has 0 spiro atoms. The number of likely N-dealkylation sites (tertiary alicyclic amines) is 1. The first-order valence-corrected chi connectivity index (χ1v) is 20.9. The van der Waals surface area contributed by atoms with Gasteiger partial charge in [0.05, 0.1) is 37.7 Å². The summed E-state index contributed by atoms with van der Waals surface area (Å²) in [7, 11) is 5.53.